The molecule has 17 heavy (non-hydrogen) atoms. The molecule has 1 nitrogen and oxygen atoms in total. The molecule has 0 bridgehead atoms. The largest absolute Gasteiger partial charge is 0.486 e. The first-order valence-corrected chi connectivity index (χ1v) is 7.15. The summed E-state index contributed by atoms with van der Waals surface area (Å²) in [6.45, 7) is 4.25. The molecule has 3 rings (SSSR count). The molecule has 1 fully saturated rings. The summed E-state index contributed by atoms with van der Waals surface area (Å²) in [6, 6.07) is 6.24. The third kappa shape index (κ3) is 2.03. The standard InChI is InChI=1S/C15H17BrO/c1-11-10-15(7-3-2-4-8-15)17-14-6-5-12(16)9-13(11)14/h5-6,9H,1-4,7-8,10H2. The Hall–Kier alpha value is -0.760. The van der Waals surface area contributed by atoms with Gasteiger partial charge in [-0.3, -0.25) is 0 Å². The normalized spacial score (nSPS) is 22.1. The molecule has 0 aromatic heterocycles. The van der Waals surface area contributed by atoms with Gasteiger partial charge in [0.05, 0.1) is 0 Å². The van der Waals surface area contributed by atoms with Crippen molar-refractivity contribution in [3.05, 3.63) is 34.8 Å². The fourth-order valence-corrected chi connectivity index (χ4v) is 3.46. The van der Waals surface area contributed by atoms with Gasteiger partial charge in [-0.15, -0.1) is 0 Å². The predicted octanol–water partition coefficient (Wildman–Crippen LogP) is 4.95. The van der Waals surface area contributed by atoms with Crippen molar-refractivity contribution in [2.45, 2.75) is 44.1 Å². The van der Waals surface area contributed by atoms with Crippen molar-refractivity contribution in [3.63, 3.8) is 0 Å². The van der Waals surface area contributed by atoms with Gasteiger partial charge in [0.2, 0.25) is 0 Å². The van der Waals surface area contributed by atoms with Crippen LogP contribution in [-0.4, -0.2) is 5.60 Å². The van der Waals surface area contributed by atoms with Crippen LogP contribution >= 0.6 is 15.9 Å². The van der Waals surface area contributed by atoms with Gasteiger partial charge in [-0.1, -0.05) is 28.9 Å². The molecule has 2 aliphatic rings. The van der Waals surface area contributed by atoms with Gasteiger partial charge < -0.3 is 4.74 Å². The van der Waals surface area contributed by atoms with E-state index in [2.05, 4.69) is 34.6 Å². The second kappa shape index (κ2) is 4.16. The fourth-order valence-electron chi connectivity index (χ4n) is 3.10. The maximum atomic E-state index is 6.30. The third-order valence-corrected chi connectivity index (χ3v) is 4.44. The molecule has 0 atom stereocenters. The van der Waals surface area contributed by atoms with Gasteiger partial charge in [-0.25, -0.2) is 0 Å². The lowest BCUT2D eigenvalue weighted by atomic mass is 9.77. The van der Waals surface area contributed by atoms with Crippen molar-refractivity contribution in [3.8, 4) is 5.75 Å². The van der Waals surface area contributed by atoms with Crippen LogP contribution in [0.5, 0.6) is 5.75 Å². The summed E-state index contributed by atoms with van der Waals surface area (Å²) < 4.78 is 7.40. The first-order chi connectivity index (χ1) is 8.19. The summed E-state index contributed by atoms with van der Waals surface area (Å²) in [7, 11) is 0. The molecule has 2 heteroatoms. The smallest absolute Gasteiger partial charge is 0.127 e. The van der Waals surface area contributed by atoms with E-state index in [0.29, 0.717) is 0 Å². The summed E-state index contributed by atoms with van der Waals surface area (Å²) in [5.74, 6) is 1.02. The summed E-state index contributed by atoms with van der Waals surface area (Å²) in [5.41, 5.74) is 2.46. The third-order valence-electron chi connectivity index (χ3n) is 3.95. The van der Waals surface area contributed by atoms with Crippen molar-refractivity contribution in [2.75, 3.05) is 0 Å². The number of rotatable bonds is 0. The number of ether oxygens (including phenoxy) is 1. The van der Waals surface area contributed by atoms with Gasteiger partial charge in [-0.2, -0.15) is 0 Å². The average Bonchev–Trinajstić information content (AvgIpc) is 2.31. The van der Waals surface area contributed by atoms with E-state index in [1.165, 1.54) is 43.2 Å². The molecule has 1 aliphatic heterocycles. The average molecular weight is 293 g/mol. The summed E-state index contributed by atoms with van der Waals surface area (Å²) in [4.78, 5) is 0. The van der Waals surface area contributed by atoms with E-state index in [4.69, 9.17) is 4.74 Å². The van der Waals surface area contributed by atoms with Gasteiger partial charge in [0, 0.05) is 16.5 Å². The van der Waals surface area contributed by atoms with Gasteiger partial charge in [0.25, 0.3) is 0 Å². The minimum Gasteiger partial charge on any atom is -0.486 e. The Bertz CT molecular complexity index is 458. The van der Waals surface area contributed by atoms with E-state index >= 15 is 0 Å². The van der Waals surface area contributed by atoms with E-state index in [1.807, 2.05) is 6.07 Å². The summed E-state index contributed by atoms with van der Waals surface area (Å²) in [6.07, 6.45) is 7.29. The van der Waals surface area contributed by atoms with E-state index in [1.54, 1.807) is 0 Å². The minimum atomic E-state index is 0.0517. The molecule has 1 aromatic carbocycles. The monoisotopic (exact) mass is 292 g/mol. The molecular weight excluding hydrogens is 276 g/mol. The van der Waals surface area contributed by atoms with Crippen molar-refractivity contribution >= 4 is 21.5 Å². The first kappa shape index (κ1) is 11.3. The lowest BCUT2D eigenvalue weighted by Gasteiger charge is -2.42. The quantitative estimate of drug-likeness (QED) is 0.657. The van der Waals surface area contributed by atoms with Crippen LogP contribution in [-0.2, 0) is 0 Å². The van der Waals surface area contributed by atoms with E-state index in [-0.39, 0.29) is 5.60 Å². The van der Waals surface area contributed by atoms with Crippen LogP contribution in [0.1, 0.15) is 44.1 Å². The highest BCUT2D eigenvalue weighted by Crippen LogP contribution is 2.46. The number of halogens is 1. The predicted molar refractivity (Wildman–Crippen MR) is 74.2 cm³/mol. The SMILES string of the molecule is C=C1CC2(CCCCC2)Oc2ccc(Br)cc21. The molecule has 0 unspecified atom stereocenters. The number of fused-ring (bicyclic) bond motifs is 1. The van der Waals surface area contributed by atoms with Crippen LogP contribution in [0.25, 0.3) is 5.57 Å². The van der Waals surface area contributed by atoms with Crippen LogP contribution in [0.3, 0.4) is 0 Å². The van der Waals surface area contributed by atoms with Gasteiger partial charge in [-0.05, 0) is 49.5 Å². The summed E-state index contributed by atoms with van der Waals surface area (Å²) in [5, 5.41) is 0. The Labute approximate surface area is 111 Å². The van der Waals surface area contributed by atoms with Gasteiger partial charge in [0.15, 0.2) is 0 Å². The summed E-state index contributed by atoms with van der Waals surface area (Å²) >= 11 is 3.51. The lowest BCUT2D eigenvalue weighted by Crippen LogP contribution is -2.40. The fraction of sp³-hybridized carbons (Fsp3) is 0.467. The topological polar surface area (TPSA) is 9.23 Å². The van der Waals surface area contributed by atoms with Gasteiger partial charge in [0.1, 0.15) is 11.4 Å². The molecule has 90 valence electrons. The zero-order chi connectivity index (χ0) is 11.9. The minimum absolute atomic E-state index is 0.0517. The van der Waals surface area contributed by atoms with E-state index in [0.717, 1.165) is 16.6 Å². The molecule has 0 N–H and O–H groups in total. The van der Waals surface area contributed by atoms with Crippen LogP contribution in [0.2, 0.25) is 0 Å². The maximum absolute atomic E-state index is 6.30. The van der Waals surface area contributed by atoms with Crippen LogP contribution in [0.4, 0.5) is 0 Å². The molecular formula is C15H17BrO. The highest BCUT2D eigenvalue weighted by Gasteiger charge is 2.38. The van der Waals surface area contributed by atoms with Gasteiger partial charge >= 0.3 is 0 Å². The van der Waals surface area contributed by atoms with Crippen LogP contribution in [0.15, 0.2) is 29.3 Å². The Morgan fingerprint density at radius 3 is 2.71 bits per heavy atom. The number of hydrogen-bond donors (Lipinski definition) is 0. The van der Waals surface area contributed by atoms with E-state index in [9.17, 15) is 0 Å². The number of hydrogen-bond acceptors (Lipinski definition) is 1. The van der Waals surface area contributed by atoms with E-state index < -0.39 is 0 Å². The van der Waals surface area contributed by atoms with Crippen molar-refractivity contribution < 1.29 is 4.74 Å². The molecule has 0 saturated heterocycles. The van der Waals surface area contributed by atoms with Crippen molar-refractivity contribution in [1.82, 2.24) is 0 Å². The Balaban J connectivity index is 1.97. The van der Waals surface area contributed by atoms with Crippen molar-refractivity contribution in [1.29, 1.82) is 0 Å². The Morgan fingerprint density at radius 2 is 1.94 bits per heavy atom. The van der Waals surface area contributed by atoms with Crippen LogP contribution in [0, 0.1) is 0 Å². The molecule has 1 saturated carbocycles. The zero-order valence-electron chi connectivity index (χ0n) is 9.97. The molecule has 1 aliphatic carbocycles. The highest BCUT2D eigenvalue weighted by atomic mass is 79.9. The second-order valence-corrected chi connectivity index (χ2v) is 6.18. The lowest BCUT2D eigenvalue weighted by molar-refractivity contribution is 0.0292. The number of benzene rings is 1. The molecule has 1 spiro atoms. The van der Waals surface area contributed by atoms with Crippen molar-refractivity contribution in [2.24, 2.45) is 0 Å². The molecule has 1 aromatic rings. The van der Waals surface area contributed by atoms with Crippen LogP contribution < -0.4 is 4.74 Å². The Morgan fingerprint density at radius 1 is 1.18 bits per heavy atom. The first-order valence-electron chi connectivity index (χ1n) is 6.35. The second-order valence-electron chi connectivity index (χ2n) is 5.27. The maximum Gasteiger partial charge on any atom is 0.127 e. The molecule has 0 radical (unpaired) electrons. The molecule has 0 amide bonds. The highest BCUT2D eigenvalue weighted by molar-refractivity contribution is 9.10. The Kier molecular flexibility index (Phi) is 2.78. The molecule has 1 heterocycles. The zero-order valence-corrected chi connectivity index (χ0v) is 11.6.